The van der Waals surface area contributed by atoms with Crippen LogP contribution in [0.15, 0.2) is 17.1 Å². The Morgan fingerprint density at radius 1 is 1.27 bits per heavy atom. The summed E-state index contributed by atoms with van der Waals surface area (Å²) >= 11 is 0. The Morgan fingerprint density at radius 3 is 2.27 bits per heavy atom. The molecule has 0 aromatic carbocycles. The molecule has 1 rings (SSSR count). The number of pyridine rings is 1. The molecule has 0 aliphatic carbocycles. The summed E-state index contributed by atoms with van der Waals surface area (Å²) < 4.78 is 6.21. The van der Waals surface area contributed by atoms with Gasteiger partial charge in [0.2, 0.25) is 0 Å². The van der Waals surface area contributed by atoms with Crippen LogP contribution in [0.3, 0.4) is 0 Å². The number of rotatable bonds is 5. The Kier molecular flexibility index (Phi) is 5.09. The van der Waals surface area contributed by atoms with Crippen molar-refractivity contribution in [3.05, 3.63) is 33.7 Å². The lowest BCUT2D eigenvalue weighted by atomic mass is 9.86. The number of carbonyl (C=O) groups is 1. The average Bonchev–Trinajstić information content (AvgIpc) is 2.35. The third-order valence-electron chi connectivity index (χ3n) is 4.48. The minimum atomic E-state index is -1.93. The monoisotopic (exact) mass is 325 g/mol. The second-order valence-corrected chi connectivity index (χ2v) is 12.7. The highest BCUT2D eigenvalue weighted by atomic mass is 28.4. The quantitative estimate of drug-likeness (QED) is 0.813. The molecule has 2 N–H and O–H groups in total. The lowest BCUT2D eigenvalue weighted by Gasteiger charge is -2.39. The van der Waals surface area contributed by atoms with Gasteiger partial charge in [-0.25, -0.2) is 4.79 Å². The Labute approximate surface area is 132 Å². The summed E-state index contributed by atoms with van der Waals surface area (Å²) in [4.78, 5) is 25.7. The van der Waals surface area contributed by atoms with Gasteiger partial charge in [0.1, 0.15) is 0 Å². The summed E-state index contributed by atoms with van der Waals surface area (Å²) in [5, 5.41) is 9.17. The summed E-state index contributed by atoms with van der Waals surface area (Å²) in [5.74, 6) is -1.06. The van der Waals surface area contributed by atoms with Crippen LogP contribution in [-0.4, -0.2) is 31.0 Å². The third-order valence-corrected chi connectivity index (χ3v) is 8.96. The molecule has 0 saturated carbocycles. The minimum Gasteiger partial charge on any atom is -0.478 e. The molecule has 1 aromatic heterocycles. The number of aromatic nitrogens is 1. The van der Waals surface area contributed by atoms with E-state index in [1.807, 2.05) is 13.8 Å². The van der Waals surface area contributed by atoms with Crippen molar-refractivity contribution in [3.8, 4) is 0 Å². The van der Waals surface area contributed by atoms with Crippen molar-refractivity contribution in [2.24, 2.45) is 0 Å². The molecular formula is C16H27NO4Si. The van der Waals surface area contributed by atoms with E-state index in [9.17, 15) is 9.59 Å². The zero-order valence-electron chi connectivity index (χ0n) is 14.5. The largest absolute Gasteiger partial charge is 0.478 e. The number of hydrogen-bond donors (Lipinski definition) is 2. The van der Waals surface area contributed by atoms with Gasteiger partial charge >= 0.3 is 5.97 Å². The van der Waals surface area contributed by atoms with E-state index in [0.29, 0.717) is 12.2 Å². The standard InChI is InChI=1S/C16H27NO4Si/c1-15(2,3)22(6,7)21-10-16(4,5)12-8-11(14(19)20)9-17-13(12)18/h8-9H,10H2,1-7H3,(H,17,18)(H,19,20). The maximum atomic E-state index is 12.1. The fraction of sp³-hybridized carbons (Fsp3) is 0.625. The SMILES string of the molecule is CC(C)(CO[Si](C)(C)C(C)(C)C)c1cc(C(=O)O)c[nH]c1=O. The first kappa shape index (κ1) is 18.6. The van der Waals surface area contributed by atoms with Crippen molar-refractivity contribution in [1.29, 1.82) is 0 Å². The van der Waals surface area contributed by atoms with Crippen LogP contribution >= 0.6 is 0 Å². The van der Waals surface area contributed by atoms with Crippen molar-refractivity contribution in [2.75, 3.05) is 6.61 Å². The van der Waals surface area contributed by atoms with Gasteiger partial charge in [-0.3, -0.25) is 4.79 Å². The van der Waals surface area contributed by atoms with E-state index in [-0.39, 0.29) is 16.2 Å². The van der Waals surface area contributed by atoms with Gasteiger partial charge in [0.15, 0.2) is 8.32 Å². The van der Waals surface area contributed by atoms with Gasteiger partial charge in [0.05, 0.1) is 5.56 Å². The number of aromatic carboxylic acids is 1. The van der Waals surface area contributed by atoms with Crippen molar-refractivity contribution in [2.45, 2.75) is 58.2 Å². The van der Waals surface area contributed by atoms with Crippen LogP contribution in [0.2, 0.25) is 18.1 Å². The fourth-order valence-corrected chi connectivity index (χ4v) is 2.92. The summed E-state index contributed by atoms with van der Waals surface area (Å²) in [6.45, 7) is 15.0. The molecule has 0 aliphatic rings. The maximum Gasteiger partial charge on any atom is 0.337 e. The summed E-state index contributed by atoms with van der Waals surface area (Å²) in [7, 11) is -1.93. The molecule has 0 aliphatic heterocycles. The van der Waals surface area contributed by atoms with E-state index >= 15 is 0 Å². The van der Waals surface area contributed by atoms with Crippen LogP contribution in [-0.2, 0) is 9.84 Å². The van der Waals surface area contributed by atoms with Gasteiger partial charge in [-0.05, 0) is 24.2 Å². The molecule has 22 heavy (non-hydrogen) atoms. The second-order valence-electron chi connectivity index (χ2n) is 7.87. The number of carboxylic acids is 1. The lowest BCUT2D eigenvalue weighted by Crippen LogP contribution is -2.44. The number of carboxylic acid groups (broad SMARTS) is 1. The van der Waals surface area contributed by atoms with Crippen molar-refractivity contribution >= 4 is 14.3 Å². The highest BCUT2D eigenvalue weighted by Gasteiger charge is 2.39. The lowest BCUT2D eigenvalue weighted by molar-refractivity contribution is 0.0696. The average molecular weight is 325 g/mol. The van der Waals surface area contributed by atoms with Gasteiger partial charge in [0, 0.05) is 23.8 Å². The fourth-order valence-electron chi connectivity index (χ4n) is 1.77. The first-order valence-electron chi connectivity index (χ1n) is 7.38. The van der Waals surface area contributed by atoms with Crippen molar-refractivity contribution < 1.29 is 14.3 Å². The zero-order chi connectivity index (χ0) is 17.3. The Balaban J connectivity index is 3.08. The summed E-state index contributed by atoms with van der Waals surface area (Å²) in [5.41, 5.74) is -0.316. The van der Waals surface area contributed by atoms with Gasteiger partial charge in [0.25, 0.3) is 5.56 Å². The van der Waals surface area contributed by atoms with Crippen LogP contribution in [0, 0.1) is 0 Å². The Bertz CT molecular complexity index is 611. The van der Waals surface area contributed by atoms with Crippen molar-refractivity contribution in [1.82, 2.24) is 4.98 Å². The molecule has 124 valence electrons. The normalized spacial score (nSPS) is 13.2. The maximum absolute atomic E-state index is 12.1. The molecule has 5 nitrogen and oxygen atoms in total. The molecule has 0 atom stereocenters. The molecule has 1 heterocycles. The molecule has 0 saturated heterocycles. The predicted octanol–water partition coefficient (Wildman–Crippen LogP) is 3.37. The molecule has 0 unspecified atom stereocenters. The predicted molar refractivity (Wildman–Crippen MR) is 90.2 cm³/mol. The van der Waals surface area contributed by atoms with Crippen LogP contribution < -0.4 is 5.56 Å². The van der Waals surface area contributed by atoms with Crippen LogP contribution in [0.5, 0.6) is 0 Å². The smallest absolute Gasteiger partial charge is 0.337 e. The third kappa shape index (κ3) is 4.07. The Morgan fingerprint density at radius 2 is 1.82 bits per heavy atom. The molecule has 0 amide bonds. The Hall–Kier alpha value is -1.40. The highest BCUT2D eigenvalue weighted by molar-refractivity contribution is 6.74. The minimum absolute atomic E-state index is 0.0787. The van der Waals surface area contributed by atoms with Gasteiger partial charge in [-0.15, -0.1) is 0 Å². The first-order valence-corrected chi connectivity index (χ1v) is 10.3. The zero-order valence-corrected chi connectivity index (χ0v) is 15.5. The topological polar surface area (TPSA) is 79.4 Å². The molecule has 0 bridgehead atoms. The van der Waals surface area contributed by atoms with E-state index in [1.54, 1.807) is 0 Å². The van der Waals surface area contributed by atoms with E-state index < -0.39 is 19.7 Å². The molecular weight excluding hydrogens is 298 g/mol. The molecule has 6 heteroatoms. The summed E-state index contributed by atoms with van der Waals surface area (Å²) in [6.07, 6.45) is 1.22. The van der Waals surface area contributed by atoms with Crippen LogP contribution in [0.4, 0.5) is 0 Å². The number of H-pyrrole nitrogens is 1. The van der Waals surface area contributed by atoms with E-state index in [2.05, 4.69) is 38.8 Å². The number of nitrogens with one attached hydrogen (secondary N) is 1. The van der Waals surface area contributed by atoms with Crippen LogP contribution in [0.25, 0.3) is 0 Å². The molecule has 0 radical (unpaired) electrons. The van der Waals surface area contributed by atoms with E-state index in [1.165, 1.54) is 12.3 Å². The molecule has 0 fully saturated rings. The van der Waals surface area contributed by atoms with E-state index in [4.69, 9.17) is 9.53 Å². The second kappa shape index (κ2) is 6.00. The first-order chi connectivity index (χ1) is 9.78. The van der Waals surface area contributed by atoms with Crippen molar-refractivity contribution in [3.63, 3.8) is 0 Å². The number of hydrogen-bond acceptors (Lipinski definition) is 3. The number of aromatic amines is 1. The van der Waals surface area contributed by atoms with Gasteiger partial charge < -0.3 is 14.5 Å². The van der Waals surface area contributed by atoms with Gasteiger partial charge in [-0.2, -0.15) is 0 Å². The highest BCUT2D eigenvalue weighted by Crippen LogP contribution is 2.37. The van der Waals surface area contributed by atoms with E-state index in [0.717, 1.165) is 0 Å². The summed E-state index contributed by atoms with van der Waals surface area (Å²) in [6, 6.07) is 1.44. The molecule has 1 aromatic rings. The van der Waals surface area contributed by atoms with Gasteiger partial charge in [-0.1, -0.05) is 34.6 Å². The van der Waals surface area contributed by atoms with Crippen LogP contribution in [0.1, 0.15) is 50.5 Å². The molecule has 0 spiro atoms.